The van der Waals surface area contributed by atoms with Crippen LogP contribution < -0.4 is 4.74 Å². The minimum atomic E-state index is -0.485. The van der Waals surface area contributed by atoms with Gasteiger partial charge in [-0.3, -0.25) is 4.68 Å². The average molecular weight is 240 g/mol. The van der Waals surface area contributed by atoms with E-state index >= 15 is 0 Å². The summed E-state index contributed by atoms with van der Waals surface area (Å²) in [6, 6.07) is 0. The molecule has 1 N–H and O–H groups in total. The highest BCUT2D eigenvalue weighted by atomic mass is 16.5. The molecule has 1 heterocycles. The Morgan fingerprint density at radius 3 is 2.65 bits per heavy atom. The first-order chi connectivity index (χ1) is 8.10. The Morgan fingerprint density at radius 2 is 2.12 bits per heavy atom. The van der Waals surface area contributed by atoms with Crippen LogP contribution in [-0.2, 0) is 6.54 Å². The number of methoxy groups -OCH3 is 1. The molecule has 0 amide bonds. The first kappa shape index (κ1) is 14.0. The lowest BCUT2D eigenvalue weighted by molar-refractivity contribution is 0.144. The maximum atomic E-state index is 10.2. The predicted molar refractivity (Wildman–Crippen MR) is 68.1 cm³/mol. The van der Waals surface area contributed by atoms with Gasteiger partial charge in [0.2, 0.25) is 0 Å². The number of rotatable bonds is 7. The summed E-state index contributed by atoms with van der Waals surface area (Å²) in [5.41, 5.74) is 0.815. The quantitative estimate of drug-likeness (QED) is 0.797. The zero-order chi connectivity index (χ0) is 12.8. The number of hydrogen-bond acceptors (Lipinski definition) is 3. The summed E-state index contributed by atoms with van der Waals surface area (Å²) in [7, 11) is 1.62. The molecule has 1 atom stereocenters. The fourth-order valence-corrected chi connectivity index (χ4v) is 1.89. The largest absolute Gasteiger partial charge is 0.493 e. The molecule has 0 aromatic carbocycles. The normalized spacial score (nSPS) is 13.1. The van der Waals surface area contributed by atoms with E-state index in [0.717, 1.165) is 31.5 Å². The summed E-state index contributed by atoms with van der Waals surface area (Å²) in [4.78, 5) is 0. The monoisotopic (exact) mass is 240 g/mol. The van der Waals surface area contributed by atoms with Crippen LogP contribution in [0.15, 0.2) is 6.20 Å². The number of nitrogens with zero attached hydrogens (tertiary/aromatic N) is 2. The van der Waals surface area contributed by atoms with Crippen LogP contribution in [0, 0.1) is 5.92 Å². The van der Waals surface area contributed by atoms with Crippen molar-refractivity contribution in [2.75, 3.05) is 7.11 Å². The average Bonchev–Trinajstić information content (AvgIpc) is 2.69. The maximum absolute atomic E-state index is 10.2. The van der Waals surface area contributed by atoms with Gasteiger partial charge in [-0.25, -0.2) is 0 Å². The van der Waals surface area contributed by atoms with Gasteiger partial charge in [0, 0.05) is 6.54 Å². The molecule has 4 heteroatoms. The highest BCUT2D eigenvalue weighted by molar-refractivity contribution is 5.27. The van der Waals surface area contributed by atoms with Gasteiger partial charge in [-0.15, -0.1) is 0 Å². The van der Waals surface area contributed by atoms with E-state index in [1.54, 1.807) is 13.3 Å². The molecule has 0 fully saturated rings. The van der Waals surface area contributed by atoms with E-state index in [1.165, 1.54) is 0 Å². The molecule has 0 bridgehead atoms. The van der Waals surface area contributed by atoms with Gasteiger partial charge in [0.25, 0.3) is 0 Å². The molecule has 0 saturated heterocycles. The van der Waals surface area contributed by atoms with Crippen LogP contribution in [0.2, 0.25) is 0 Å². The van der Waals surface area contributed by atoms with E-state index in [0.29, 0.717) is 11.7 Å². The van der Waals surface area contributed by atoms with Crippen molar-refractivity contribution < 1.29 is 9.84 Å². The molecule has 98 valence electrons. The molecule has 1 aromatic rings. The van der Waals surface area contributed by atoms with Crippen molar-refractivity contribution >= 4 is 0 Å². The Hall–Kier alpha value is -1.03. The summed E-state index contributed by atoms with van der Waals surface area (Å²) in [6.07, 6.45) is 3.95. The molecule has 0 aliphatic heterocycles. The SMILES string of the molecule is CCCn1ncc(OC)c1C(O)CCC(C)C. The second-order valence-electron chi connectivity index (χ2n) is 4.81. The van der Waals surface area contributed by atoms with Crippen LogP contribution in [0.4, 0.5) is 0 Å². The second kappa shape index (κ2) is 6.64. The van der Waals surface area contributed by atoms with Gasteiger partial charge in [0.05, 0.1) is 19.4 Å². The summed E-state index contributed by atoms with van der Waals surface area (Å²) in [5, 5.41) is 14.5. The van der Waals surface area contributed by atoms with E-state index < -0.39 is 6.10 Å². The lowest BCUT2D eigenvalue weighted by atomic mass is 10.0. The van der Waals surface area contributed by atoms with Crippen molar-refractivity contribution in [1.82, 2.24) is 9.78 Å². The van der Waals surface area contributed by atoms with Crippen LogP contribution in [0.1, 0.15) is 51.8 Å². The Bertz CT molecular complexity index is 334. The molecule has 0 spiro atoms. The van der Waals surface area contributed by atoms with Crippen molar-refractivity contribution in [2.45, 2.75) is 52.7 Å². The topological polar surface area (TPSA) is 47.3 Å². The van der Waals surface area contributed by atoms with Crippen molar-refractivity contribution in [3.05, 3.63) is 11.9 Å². The minimum Gasteiger partial charge on any atom is -0.493 e. The highest BCUT2D eigenvalue weighted by Gasteiger charge is 2.19. The summed E-state index contributed by atoms with van der Waals surface area (Å²) in [5.74, 6) is 1.29. The van der Waals surface area contributed by atoms with E-state index in [9.17, 15) is 5.11 Å². The third-order valence-corrected chi connectivity index (χ3v) is 2.83. The minimum absolute atomic E-state index is 0.485. The maximum Gasteiger partial charge on any atom is 0.162 e. The molecule has 1 aromatic heterocycles. The molecule has 0 aliphatic rings. The third kappa shape index (κ3) is 3.73. The first-order valence-electron chi connectivity index (χ1n) is 6.37. The molecule has 1 unspecified atom stereocenters. The van der Waals surface area contributed by atoms with Gasteiger partial charge in [-0.1, -0.05) is 20.8 Å². The molecule has 17 heavy (non-hydrogen) atoms. The van der Waals surface area contributed by atoms with E-state index in [2.05, 4.69) is 25.9 Å². The number of aromatic nitrogens is 2. The molecule has 4 nitrogen and oxygen atoms in total. The molecular formula is C13H24N2O2. The number of aliphatic hydroxyl groups excluding tert-OH is 1. The van der Waals surface area contributed by atoms with Gasteiger partial charge < -0.3 is 9.84 Å². The van der Waals surface area contributed by atoms with Crippen molar-refractivity contribution in [3.8, 4) is 5.75 Å². The Labute approximate surface area is 104 Å². The van der Waals surface area contributed by atoms with Gasteiger partial charge >= 0.3 is 0 Å². The Kier molecular flexibility index (Phi) is 5.48. The van der Waals surface area contributed by atoms with Crippen LogP contribution in [0.5, 0.6) is 5.75 Å². The molecule has 0 saturated carbocycles. The van der Waals surface area contributed by atoms with Gasteiger partial charge in [0.15, 0.2) is 5.75 Å². The smallest absolute Gasteiger partial charge is 0.162 e. The second-order valence-corrected chi connectivity index (χ2v) is 4.81. The number of hydrogen-bond donors (Lipinski definition) is 1. The first-order valence-corrected chi connectivity index (χ1v) is 6.37. The Morgan fingerprint density at radius 1 is 1.41 bits per heavy atom. The van der Waals surface area contributed by atoms with E-state index in [4.69, 9.17) is 4.74 Å². The molecule has 1 rings (SSSR count). The van der Waals surface area contributed by atoms with Crippen LogP contribution in [0.25, 0.3) is 0 Å². The molecular weight excluding hydrogens is 216 g/mol. The van der Waals surface area contributed by atoms with Gasteiger partial charge in [-0.2, -0.15) is 5.10 Å². The van der Waals surface area contributed by atoms with Crippen molar-refractivity contribution in [3.63, 3.8) is 0 Å². The molecule has 0 radical (unpaired) electrons. The number of aryl methyl sites for hydroxylation is 1. The zero-order valence-corrected chi connectivity index (χ0v) is 11.3. The van der Waals surface area contributed by atoms with Gasteiger partial charge in [-0.05, 0) is 25.2 Å². The standard InChI is InChI=1S/C13H24N2O2/c1-5-8-15-13(12(17-4)9-14-15)11(16)7-6-10(2)3/h9-11,16H,5-8H2,1-4H3. The molecule has 0 aliphatic carbocycles. The van der Waals surface area contributed by atoms with E-state index in [-0.39, 0.29) is 0 Å². The summed E-state index contributed by atoms with van der Waals surface area (Å²) >= 11 is 0. The fourth-order valence-electron chi connectivity index (χ4n) is 1.89. The fraction of sp³-hybridized carbons (Fsp3) is 0.769. The van der Waals surface area contributed by atoms with Crippen LogP contribution in [0.3, 0.4) is 0 Å². The summed E-state index contributed by atoms with van der Waals surface area (Å²) < 4.78 is 7.11. The van der Waals surface area contributed by atoms with Gasteiger partial charge in [0.1, 0.15) is 5.69 Å². The zero-order valence-electron chi connectivity index (χ0n) is 11.3. The van der Waals surface area contributed by atoms with Crippen LogP contribution in [-0.4, -0.2) is 22.0 Å². The highest BCUT2D eigenvalue weighted by Crippen LogP contribution is 2.29. The van der Waals surface area contributed by atoms with Crippen molar-refractivity contribution in [1.29, 1.82) is 0 Å². The van der Waals surface area contributed by atoms with E-state index in [1.807, 2.05) is 4.68 Å². The number of ether oxygens (including phenoxy) is 1. The lowest BCUT2D eigenvalue weighted by Crippen LogP contribution is -2.11. The lowest BCUT2D eigenvalue weighted by Gasteiger charge is -2.15. The predicted octanol–water partition coefficient (Wildman–Crippen LogP) is 2.77. The van der Waals surface area contributed by atoms with Crippen LogP contribution >= 0.6 is 0 Å². The summed E-state index contributed by atoms with van der Waals surface area (Å²) in [6.45, 7) is 7.23. The Balaban J connectivity index is 2.80. The number of aliphatic hydroxyl groups is 1. The van der Waals surface area contributed by atoms with Crippen molar-refractivity contribution in [2.24, 2.45) is 5.92 Å². The third-order valence-electron chi connectivity index (χ3n) is 2.83.